The Balaban J connectivity index is 2.35. The normalized spacial score (nSPS) is 22.5. The number of hydrogen-bond donors (Lipinski definition) is 1. The SMILES string of the molecule is CC1(C)c2ccccc2CCC1CC(=O)O. The number of carbonyl (C=O) groups is 1. The Bertz CT molecular complexity index is 407. The second kappa shape index (κ2) is 3.93. The van der Waals surface area contributed by atoms with Crippen molar-refractivity contribution in [1.29, 1.82) is 0 Å². The quantitative estimate of drug-likeness (QED) is 0.828. The van der Waals surface area contributed by atoms with Gasteiger partial charge in [0.25, 0.3) is 0 Å². The molecule has 2 heteroatoms. The number of rotatable bonds is 2. The van der Waals surface area contributed by atoms with E-state index in [9.17, 15) is 4.79 Å². The second-order valence-electron chi connectivity index (χ2n) is 5.21. The number of hydrogen-bond acceptors (Lipinski definition) is 1. The molecule has 0 saturated heterocycles. The van der Waals surface area contributed by atoms with Gasteiger partial charge in [-0.2, -0.15) is 0 Å². The number of carboxylic acid groups (broad SMARTS) is 1. The Morgan fingerprint density at radius 1 is 1.44 bits per heavy atom. The van der Waals surface area contributed by atoms with Crippen LogP contribution in [0.2, 0.25) is 0 Å². The summed E-state index contributed by atoms with van der Waals surface area (Å²) in [7, 11) is 0. The highest BCUT2D eigenvalue weighted by atomic mass is 16.4. The molecule has 1 unspecified atom stereocenters. The summed E-state index contributed by atoms with van der Waals surface area (Å²) in [6.45, 7) is 4.33. The highest BCUT2D eigenvalue weighted by molar-refractivity contribution is 5.67. The molecule has 0 saturated carbocycles. The average molecular weight is 218 g/mol. The average Bonchev–Trinajstić information content (AvgIpc) is 2.22. The minimum absolute atomic E-state index is 0.0206. The molecule has 0 spiro atoms. The molecule has 1 aromatic rings. The third-order valence-corrected chi connectivity index (χ3v) is 3.92. The zero-order valence-electron chi connectivity index (χ0n) is 9.86. The van der Waals surface area contributed by atoms with Gasteiger partial charge in [0.15, 0.2) is 0 Å². The summed E-state index contributed by atoms with van der Waals surface area (Å²) in [5.41, 5.74) is 2.69. The van der Waals surface area contributed by atoms with Crippen LogP contribution in [0.25, 0.3) is 0 Å². The van der Waals surface area contributed by atoms with Gasteiger partial charge in [-0.15, -0.1) is 0 Å². The molecule has 0 radical (unpaired) electrons. The molecule has 1 atom stereocenters. The molecular formula is C14H18O2. The molecule has 86 valence electrons. The molecule has 0 aliphatic heterocycles. The van der Waals surface area contributed by atoms with E-state index in [4.69, 9.17) is 5.11 Å². The van der Waals surface area contributed by atoms with Gasteiger partial charge in [-0.3, -0.25) is 4.79 Å². The van der Waals surface area contributed by atoms with E-state index < -0.39 is 5.97 Å². The Hall–Kier alpha value is -1.31. The lowest BCUT2D eigenvalue weighted by Gasteiger charge is -2.39. The first kappa shape index (κ1) is 11.2. The molecule has 0 aromatic heterocycles. The standard InChI is InChI=1S/C14H18O2/c1-14(2)11(9-13(15)16)8-7-10-5-3-4-6-12(10)14/h3-6,11H,7-9H2,1-2H3,(H,15,16). The van der Waals surface area contributed by atoms with Crippen LogP contribution < -0.4 is 0 Å². The van der Waals surface area contributed by atoms with Gasteiger partial charge < -0.3 is 5.11 Å². The van der Waals surface area contributed by atoms with Crippen LogP contribution in [0.3, 0.4) is 0 Å². The number of fused-ring (bicyclic) bond motifs is 1. The summed E-state index contributed by atoms with van der Waals surface area (Å²) >= 11 is 0. The number of benzene rings is 1. The van der Waals surface area contributed by atoms with Gasteiger partial charge in [-0.25, -0.2) is 0 Å². The summed E-state index contributed by atoms with van der Waals surface area (Å²) in [6, 6.07) is 8.41. The Labute approximate surface area is 96.3 Å². The predicted molar refractivity (Wildman–Crippen MR) is 63.5 cm³/mol. The minimum Gasteiger partial charge on any atom is -0.481 e. The van der Waals surface area contributed by atoms with E-state index in [2.05, 4.69) is 32.0 Å². The fourth-order valence-electron chi connectivity index (χ4n) is 2.85. The summed E-state index contributed by atoms with van der Waals surface area (Å²) in [5, 5.41) is 8.95. The molecule has 0 amide bonds. The first-order valence-electron chi connectivity index (χ1n) is 5.82. The van der Waals surface area contributed by atoms with Gasteiger partial charge in [-0.1, -0.05) is 38.1 Å². The van der Waals surface area contributed by atoms with Crippen LogP contribution in [0.15, 0.2) is 24.3 Å². The van der Waals surface area contributed by atoms with Crippen LogP contribution in [-0.4, -0.2) is 11.1 Å². The lowest BCUT2D eigenvalue weighted by molar-refractivity contribution is -0.138. The summed E-state index contributed by atoms with van der Waals surface area (Å²) in [5.74, 6) is -0.433. The van der Waals surface area contributed by atoms with Crippen molar-refractivity contribution in [3.8, 4) is 0 Å². The molecule has 0 fully saturated rings. The molecule has 0 bridgehead atoms. The highest BCUT2D eigenvalue weighted by Crippen LogP contribution is 2.42. The van der Waals surface area contributed by atoms with E-state index >= 15 is 0 Å². The highest BCUT2D eigenvalue weighted by Gasteiger charge is 2.37. The van der Waals surface area contributed by atoms with Crippen molar-refractivity contribution in [3.05, 3.63) is 35.4 Å². The molecule has 1 aliphatic rings. The predicted octanol–water partition coefficient (Wildman–Crippen LogP) is 3.00. The Kier molecular flexibility index (Phi) is 2.75. The molecule has 1 aromatic carbocycles. The third-order valence-electron chi connectivity index (χ3n) is 3.92. The van der Waals surface area contributed by atoms with Crippen molar-refractivity contribution in [1.82, 2.24) is 0 Å². The fraction of sp³-hybridized carbons (Fsp3) is 0.500. The van der Waals surface area contributed by atoms with Gasteiger partial charge in [-0.05, 0) is 35.3 Å². The second-order valence-corrected chi connectivity index (χ2v) is 5.21. The van der Waals surface area contributed by atoms with E-state index in [0.29, 0.717) is 0 Å². The van der Waals surface area contributed by atoms with Crippen LogP contribution in [0.1, 0.15) is 37.8 Å². The monoisotopic (exact) mass is 218 g/mol. The summed E-state index contributed by atoms with van der Waals surface area (Å²) in [6.07, 6.45) is 2.27. The number of carboxylic acids is 1. The fourth-order valence-corrected chi connectivity index (χ4v) is 2.85. The van der Waals surface area contributed by atoms with Crippen LogP contribution >= 0.6 is 0 Å². The summed E-state index contributed by atoms with van der Waals surface area (Å²) in [4.78, 5) is 10.9. The number of aryl methyl sites for hydroxylation is 1. The van der Waals surface area contributed by atoms with E-state index in [1.54, 1.807) is 0 Å². The van der Waals surface area contributed by atoms with Gasteiger partial charge in [0.1, 0.15) is 0 Å². The minimum atomic E-state index is -0.683. The van der Waals surface area contributed by atoms with Crippen molar-refractivity contribution in [3.63, 3.8) is 0 Å². The van der Waals surface area contributed by atoms with Crippen LogP contribution in [0.4, 0.5) is 0 Å². The molecule has 16 heavy (non-hydrogen) atoms. The molecule has 0 heterocycles. The van der Waals surface area contributed by atoms with Crippen LogP contribution in [-0.2, 0) is 16.6 Å². The van der Waals surface area contributed by atoms with Gasteiger partial charge in [0.05, 0.1) is 0 Å². The maximum Gasteiger partial charge on any atom is 0.303 e. The molecular weight excluding hydrogens is 200 g/mol. The Morgan fingerprint density at radius 2 is 2.12 bits per heavy atom. The van der Waals surface area contributed by atoms with Crippen LogP contribution in [0, 0.1) is 5.92 Å². The van der Waals surface area contributed by atoms with Gasteiger partial charge >= 0.3 is 5.97 Å². The first-order valence-corrected chi connectivity index (χ1v) is 5.82. The zero-order valence-corrected chi connectivity index (χ0v) is 9.86. The Morgan fingerprint density at radius 3 is 2.81 bits per heavy atom. The van der Waals surface area contributed by atoms with Crippen molar-refractivity contribution in [2.24, 2.45) is 5.92 Å². The van der Waals surface area contributed by atoms with Crippen molar-refractivity contribution < 1.29 is 9.90 Å². The number of aliphatic carboxylic acids is 1. The molecule has 1 aliphatic carbocycles. The van der Waals surface area contributed by atoms with Crippen molar-refractivity contribution in [2.75, 3.05) is 0 Å². The molecule has 2 rings (SSSR count). The summed E-state index contributed by atoms with van der Waals surface area (Å²) < 4.78 is 0. The maximum absolute atomic E-state index is 10.9. The first-order chi connectivity index (χ1) is 7.51. The molecule has 2 nitrogen and oxygen atoms in total. The largest absolute Gasteiger partial charge is 0.481 e. The maximum atomic E-state index is 10.9. The molecule has 1 N–H and O–H groups in total. The van der Waals surface area contributed by atoms with Gasteiger partial charge in [0, 0.05) is 6.42 Å². The van der Waals surface area contributed by atoms with Gasteiger partial charge in [0.2, 0.25) is 0 Å². The zero-order chi connectivity index (χ0) is 11.8. The van der Waals surface area contributed by atoms with E-state index in [0.717, 1.165) is 12.8 Å². The topological polar surface area (TPSA) is 37.3 Å². The van der Waals surface area contributed by atoms with E-state index in [1.165, 1.54) is 11.1 Å². The van der Waals surface area contributed by atoms with E-state index in [1.807, 2.05) is 6.07 Å². The van der Waals surface area contributed by atoms with Crippen molar-refractivity contribution in [2.45, 2.75) is 38.5 Å². The van der Waals surface area contributed by atoms with E-state index in [-0.39, 0.29) is 17.8 Å². The smallest absolute Gasteiger partial charge is 0.303 e. The third kappa shape index (κ3) is 1.84. The van der Waals surface area contributed by atoms with Crippen LogP contribution in [0.5, 0.6) is 0 Å². The lowest BCUT2D eigenvalue weighted by atomic mass is 9.64. The van der Waals surface area contributed by atoms with Crippen molar-refractivity contribution >= 4 is 5.97 Å². The lowest BCUT2D eigenvalue weighted by Crippen LogP contribution is -2.35.